The largest absolute Gasteiger partial charge is 0.506 e. The summed E-state index contributed by atoms with van der Waals surface area (Å²) in [6.07, 6.45) is 3.86. The second-order valence-corrected chi connectivity index (χ2v) is 7.70. The molecule has 0 aliphatic heterocycles. The van der Waals surface area contributed by atoms with Gasteiger partial charge in [0.25, 0.3) is 0 Å². The normalized spacial score (nSPS) is 20.5. The van der Waals surface area contributed by atoms with Gasteiger partial charge < -0.3 is 20.5 Å². The van der Waals surface area contributed by atoms with E-state index in [1.807, 2.05) is 6.07 Å². The molecule has 1 fully saturated rings. The first-order valence-electron chi connectivity index (χ1n) is 9.92. The predicted octanol–water partition coefficient (Wildman–Crippen LogP) is 3.27. The van der Waals surface area contributed by atoms with Crippen LogP contribution in [-0.2, 0) is 6.42 Å². The van der Waals surface area contributed by atoms with Crippen LogP contribution in [0, 0.1) is 5.92 Å². The summed E-state index contributed by atoms with van der Waals surface area (Å²) in [5.74, 6) is 0.581. The number of fused-ring (bicyclic) bond motifs is 1. The lowest BCUT2D eigenvalue weighted by Gasteiger charge is -2.23. The summed E-state index contributed by atoms with van der Waals surface area (Å²) >= 11 is 0. The van der Waals surface area contributed by atoms with Gasteiger partial charge in [0.1, 0.15) is 5.75 Å². The van der Waals surface area contributed by atoms with Gasteiger partial charge in [-0.15, -0.1) is 0 Å². The first-order chi connectivity index (χ1) is 13.6. The van der Waals surface area contributed by atoms with Crippen LogP contribution in [0.15, 0.2) is 59.4 Å². The van der Waals surface area contributed by atoms with Crippen LogP contribution in [0.2, 0.25) is 0 Å². The number of H-pyrrole nitrogens is 1. The van der Waals surface area contributed by atoms with Crippen LogP contribution in [0.25, 0.3) is 10.9 Å². The lowest BCUT2D eigenvalue weighted by Crippen LogP contribution is -2.36. The number of phenols is 1. The number of aliphatic hydroxyl groups is 1. The molecule has 4 N–H and O–H groups in total. The molecule has 0 bridgehead atoms. The van der Waals surface area contributed by atoms with Crippen molar-refractivity contribution in [2.75, 3.05) is 6.54 Å². The van der Waals surface area contributed by atoms with Gasteiger partial charge in [-0.1, -0.05) is 42.8 Å². The lowest BCUT2D eigenvalue weighted by atomic mass is 9.94. The smallest absolute Gasteiger partial charge is 0.248 e. The molecule has 1 heterocycles. The summed E-state index contributed by atoms with van der Waals surface area (Å²) in [7, 11) is 0. The molecule has 0 saturated heterocycles. The molecule has 0 amide bonds. The number of aromatic hydroxyl groups is 1. The van der Waals surface area contributed by atoms with Gasteiger partial charge in [-0.25, -0.2) is 0 Å². The van der Waals surface area contributed by atoms with Crippen molar-refractivity contribution in [3.63, 3.8) is 0 Å². The summed E-state index contributed by atoms with van der Waals surface area (Å²) in [6.45, 7) is 0.439. The Morgan fingerprint density at radius 3 is 2.71 bits per heavy atom. The molecule has 5 heteroatoms. The summed E-state index contributed by atoms with van der Waals surface area (Å²) in [6, 6.07) is 17.2. The highest BCUT2D eigenvalue weighted by Crippen LogP contribution is 2.31. The number of hydrogen-bond donors (Lipinski definition) is 4. The third-order valence-electron chi connectivity index (χ3n) is 5.84. The molecule has 0 spiro atoms. The molecule has 5 nitrogen and oxygen atoms in total. The Morgan fingerprint density at radius 2 is 1.89 bits per heavy atom. The number of aromatic nitrogens is 1. The molecule has 3 atom stereocenters. The van der Waals surface area contributed by atoms with Gasteiger partial charge >= 0.3 is 0 Å². The second kappa shape index (κ2) is 8.17. The Morgan fingerprint density at radius 1 is 1.07 bits per heavy atom. The molecule has 4 rings (SSSR count). The maximum absolute atomic E-state index is 11.6. The molecule has 3 aromatic rings. The minimum atomic E-state index is -0.716. The number of phenolic OH excluding ortho intramolecular Hbond substituents is 1. The summed E-state index contributed by atoms with van der Waals surface area (Å²) in [5, 5.41) is 25.0. The van der Waals surface area contributed by atoms with Crippen molar-refractivity contribution in [1.82, 2.24) is 10.3 Å². The minimum absolute atomic E-state index is 0.00956. The Labute approximate surface area is 164 Å². The Hall–Kier alpha value is -2.63. The fourth-order valence-corrected chi connectivity index (χ4v) is 4.39. The van der Waals surface area contributed by atoms with E-state index < -0.39 is 6.10 Å². The van der Waals surface area contributed by atoms with E-state index in [1.54, 1.807) is 12.1 Å². The van der Waals surface area contributed by atoms with E-state index >= 15 is 0 Å². The Bertz CT molecular complexity index is 1000. The lowest BCUT2D eigenvalue weighted by molar-refractivity contribution is 0.167. The number of benzene rings is 2. The van der Waals surface area contributed by atoms with Gasteiger partial charge in [-0.2, -0.15) is 0 Å². The van der Waals surface area contributed by atoms with Crippen LogP contribution >= 0.6 is 0 Å². The fourth-order valence-electron chi connectivity index (χ4n) is 4.39. The SMILES string of the molecule is O=c1ccc2c([C@@H](O)CN[C@@H]3CCC[C@@H]3Cc3ccccc3)ccc(O)c2[nH]1. The van der Waals surface area contributed by atoms with Gasteiger partial charge in [0.15, 0.2) is 0 Å². The standard InChI is InChI=1S/C23H26N2O3/c26-20-11-9-17(18-10-12-22(28)25-23(18)20)21(27)14-24-19-8-4-7-16(19)13-15-5-2-1-3-6-15/h1-3,5-6,9-12,16,19,21,24,26-27H,4,7-8,13-14H2,(H,25,28)/t16-,19-,21+/m1/s1. The highest BCUT2D eigenvalue weighted by Gasteiger charge is 2.27. The van der Waals surface area contributed by atoms with E-state index in [9.17, 15) is 15.0 Å². The van der Waals surface area contributed by atoms with Crippen LogP contribution in [0.4, 0.5) is 0 Å². The highest BCUT2D eigenvalue weighted by molar-refractivity contribution is 5.87. The average Bonchev–Trinajstić information content (AvgIpc) is 3.14. The first kappa shape index (κ1) is 18.7. The van der Waals surface area contributed by atoms with Crippen LogP contribution in [0.1, 0.15) is 36.5 Å². The molecule has 0 radical (unpaired) electrons. The monoisotopic (exact) mass is 378 g/mol. The minimum Gasteiger partial charge on any atom is -0.506 e. The van der Waals surface area contributed by atoms with Crippen LogP contribution in [0.3, 0.4) is 0 Å². The topological polar surface area (TPSA) is 85.3 Å². The molecule has 0 unspecified atom stereocenters. The number of aromatic amines is 1. The van der Waals surface area contributed by atoms with E-state index in [-0.39, 0.29) is 11.3 Å². The number of pyridine rings is 1. The predicted molar refractivity (Wildman–Crippen MR) is 110 cm³/mol. The maximum atomic E-state index is 11.6. The molecule has 1 saturated carbocycles. The third kappa shape index (κ3) is 3.96. The van der Waals surface area contributed by atoms with Crippen LogP contribution in [-0.4, -0.2) is 27.8 Å². The fraction of sp³-hybridized carbons (Fsp3) is 0.348. The number of hydrogen-bond acceptors (Lipinski definition) is 4. The number of rotatable bonds is 6. The maximum Gasteiger partial charge on any atom is 0.248 e. The molecule has 1 aromatic heterocycles. The molecule has 1 aliphatic carbocycles. The van der Waals surface area contributed by atoms with E-state index in [4.69, 9.17) is 0 Å². The van der Waals surface area contributed by atoms with E-state index in [1.165, 1.54) is 30.5 Å². The van der Waals surface area contributed by atoms with Crippen molar-refractivity contribution in [1.29, 1.82) is 0 Å². The number of aliphatic hydroxyl groups excluding tert-OH is 1. The Kier molecular flexibility index (Phi) is 5.46. The van der Waals surface area contributed by atoms with Crippen molar-refractivity contribution in [2.45, 2.75) is 37.8 Å². The zero-order valence-electron chi connectivity index (χ0n) is 15.8. The quantitative estimate of drug-likeness (QED) is 0.530. The van der Waals surface area contributed by atoms with Gasteiger partial charge in [0.2, 0.25) is 5.56 Å². The van der Waals surface area contributed by atoms with E-state index in [2.05, 4.69) is 34.6 Å². The first-order valence-corrected chi connectivity index (χ1v) is 9.92. The Balaban J connectivity index is 1.45. The van der Waals surface area contributed by atoms with Gasteiger partial charge in [-0.3, -0.25) is 4.79 Å². The molecule has 146 valence electrons. The van der Waals surface area contributed by atoms with Crippen molar-refractivity contribution in [3.8, 4) is 5.75 Å². The molecular formula is C23H26N2O3. The average molecular weight is 378 g/mol. The summed E-state index contributed by atoms with van der Waals surface area (Å²) in [5.41, 5.74) is 2.15. The van der Waals surface area contributed by atoms with Crippen molar-refractivity contribution >= 4 is 10.9 Å². The van der Waals surface area contributed by atoms with E-state index in [0.29, 0.717) is 35.0 Å². The van der Waals surface area contributed by atoms with Crippen molar-refractivity contribution in [3.05, 3.63) is 76.1 Å². The molecular weight excluding hydrogens is 352 g/mol. The second-order valence-electron chi connectivity index (χ2n) is 7.70. The zero-order valence-corrected chi connectivity index (χ0v) is 15.8. The van der Waals surface area contributed by atoms with Crippen LogP contribution in [0.5, 0.6) is 5.75 Å². The third-order valence-corrected chi connectivity index (χ3v) is 5.84. The molecule has 1 aliphatic rings. The van der Waals surface area contributed by atoms with Crippen molar-refractivity contribution in [2.24, 2.45) is 5.92 Å². The van der Waals surface area contributed by atoms with Gasteiger partial charge in [0, 0.05) is 24.0 Å². The van der Waals surface area contributed by atoms with E-state index in [0.717, 1.165) is 12.8 Å². The highest BCUT2D eigenvalue weighted by atomic mass is 16.3. The van der Waals surface area contributed by atoms with Gasteiger partial charge in [0.05, 0.1) is 11.6 Å². The van der Waals surface area contributed by atoms with Crippen LogP contribution < -0.4 is 10.9 Å². The van der Waals surface area contributed by atoms with Crippen molar-refractivity contribution < 1.29 is 10.2 Å². The number of nitrogens with one attached hydrogen (secondary N) is 2. The van der Waals surface area contributed by atoms with Gasteiger partial charge in [-0.05, 0) is 48.4 Å². The zero-order chi connectivity index (χ0) is 19.5. The summed E-state index contributed by atoms with van der Waals surface area (Å²) < 4.78 is 0. The summed E-state index contributed by atoms with van der Waals surface area (Å²) in [4.78, 5) is 14.2. The molecule has 28 heavy (non-hydrogen) atoms. The molecule has 2 aromatic carbocycles.